The highest BCUT2D eigenvalue weighted by Crippen LogP contribution is 2.35. The first-order valence-corrected chi connectivity index (χ1v) is 9.46. The van der Waals surface area contributed by atoms with Gasteiger partial charge < -0.3 is 11.2 Å². The summed E-state index contributed by atoms with van der Waals surface area (Å²) in [6, 6.07) is 15.5. The van der Waals surface area contributed by atoms with Gasteiger partial charge in [-0.05, 0) is 17.7 Å². The molecule has 0 aliphatic heterocycles. The highest BCUT2D eigenvalue weighted by molar-refractivity contribution is 8.00. The summed E-state index contributed by atoms with van der Waals surface area (Å²) in [5, 5.41) is 13.0. The minimum Gasteiger partial charge on any atom is -0.341 e. The monoisotopic (exact) mass is 416 g/mol. The van der Waals surface area contributed by atoms with Gasteiger partial charge in [-0.1, -0.05) is 65.8 Å². The number of hydrogen-bond acceptors (Lipinski definition) is 6. The highest BCUT2D eigenvalue weighted by atomic mass is 35.5. The minimum atomic E-state index is -0.753. The molecule has 1 heterocycles. The lowest BCUT2D eigenvalue weighted by Crippen LogP contribution is -2.39. The SMILES string of the molecule is CNC(=O)NC(=O)C(Sc1nnc(-c2cccc(Cl)c2)n1N)c1ccccc1. The number of nitrogens with two attached hydrogens (primary N) is 1. The van der Waals surface area contributed by atoms with E-state index in [-0.39, 0.29) is 0 Å². The predicted molar refractivity (Wildman–Crippen MR) is 108 cm³/mol. The van der Waals surface area contributed by atoms with Gasteiger partial charge in [0.25, 0.3) is 0 Å². The molecule has 0 radical (unpaired) electrons. The third-order valence-electron chi connectivity index (χ3n) is 3.77. The lowest BCUT2D eigenvalue weighted by atomic mass is 10.1. The number of urea groups is 1. The molecular formula is C18H17ClN6O2S. The van der Waals surface area contributed by atoms with Crippen molar-refractivity contribution in [2.75, 3.05) is 12.9 Å². The average Bonchev–Trinajstić information content (AvgIpc) is 3.06. The Labute approximate surface area is 170 Å². The van der Waals surface area contributed by atoms with Crippen molar-refractivity contribution in [2.45, 2.75) is 10.4 Å². The fraction of sp³-hybridized carbons (Fsp3) is 0.111. The summed E-state index contributed by atoms with van der Waals surface area (Å²) < 4.78 is 1.29. The molecule has 2 aromatic carbocycles. The zero-order valence-electron chi connectivity index (χ0n) is 14.8. The summed E-state index contributed by atoms with van der Waals surface area (Å²) in [6.07, 6.45) is 0. The maximum atomic E-state index is 12.6. The predicted octanol–water partition coefficient (Wildman–Crippen LogP) is 2.60. The van der Waals surface area contributed by atoms with Crippen LogP contribution in [0.5, 0.6) is 0 Å². The number of nitrogens with zero attached hydrogens (tertiary/aromatic N) is 3. The van der Waals surface area contributed by atoms with Crippen LogP contribution in [0.25, 0.3) is 11.4 Å². The molecular weight excluding hydrogens is 400 g/mol. The Morgan fingerprint density at radius 2 is 1.89 bits per heavy atom. The van der Waals surface area contributed by atoms with E-state index in [1.165, 1.54) is 11.7 Å². The normalized spacial score (nSPS) is 11.6. The number of aromatic nitrogens is 3. The molecule has 3 aromatic rings. The maximum absolute atomic E-state index is 12.6. The number of imide groups is 1. The molecule has 3 amide bonds. The molecule has 1 unspecified atom stereocenters. The van der Waals surface area contributed by atoms with Crippen LogP contribution in [-0.4, -0.2) is 33.9 Å². The van der Waals surface area contributed by atoms with Gasteiger partial charge in [0.15, 0.2) is 5.82 Å². The second kappa shape index (κ2) is 8.77. The molecule has 0 saturated heterocycles. The summed E-state index contributed by atoms with van der Waals surface area (Å²) in [6.45, 7) is 0. The van der Waals surface area contributed by atoms with Crippen LogP contribution in [0.2, 0.25) is 5.02 Å². The zero-order chi connectivity index (χ0) is 20.1. The van der Waals surface area contributed by atoms with Crippen LogP contribution in [0.4, 0.5) is 4.79 Å². The zero-order valence-corrected chi connectivity index (χ0v) is 16.4. The lowest BCUT2D eigenvalue weighted by Gasteiger charge is -2.15. The first-order valence-electron chi connectivity index (χ1n) is 8.20. The van der Waals surface area contributed by atoms with Crippen LogP contribution in [-0.2, 0) is 4.79 Å². The van der Waals surface area contributed by atoms with Crippen LogP contribution in [0.1, 0.15) is 10.8 Å². The molecule has 0 fully saturated rings. The van der Waals surface area contributed by atoms with Crippen molar-refractivity contribution in [1.82, 2.24) is 25.5 Å². The third-order valence-corrected chi connectivity index (χ3v) is 5.22. The summed E-state index contributed by atoms with van der Waals surface area (Å²) in [7, 11) is 1.43. The molecule has 10 heteroatoms. The van der Waals surface area contributed by atoms with Crippen molar-refractivity contribution in [3.8, 4) is 11.4 Å². The molecule has 4 N–H and O–H groups in total. The number of carbonyl (C=O) groups excluding carboxylic acids is 2. The van der Waals surface area contributed by atoms with Crippen LogP contribution in [0.15, 0.2) is 59.8 Å². The Balaban J connectivity index is 1.91. The first kappa shape index (κ1) is 19.7. The van der Waals surface area contributed by atoms with Crippen molar-refractivity contribution < 1.29 is 9.59 Å². The van der Waals surface area contributed by atoms with Gasteiger partial charge in [0.05, 0.1) is 0 Å². The van der Waals surface area contributed by atoms with Gasteiger partial charge in [0.2, 0.25) is 11.1 Å². The molecule has 0 saturated carbocycles. The maximum Gasteiger partial charge on any atom is 0.321 e. The first-order chi connectivity index (χ1) is 13.5. The van der Waals surface area contributed by atoms with E-state index in [0.717, 1.165) is 11.8 Å². The van der Waals surface area contributed by atoms with Gasteiger partial charge in [-0.25, -0.2) is 9.47 Å². The third kappa shape index (κ3) is 4.44. The molecule has 0 aliphatic rings. The van der Waals surface area contributed by atoms with Crippen molar-refractivity contribution in [3.63, 3.8) is 0 Å². The Morgan fingerprint density at radius 3 is 2.57 bits per heavy atom. The summed E-state index contributed by atoms with van der Waals surface area (Å²) in [5.41, 5.74) is 1.39. The lowest BCUT2D eigenvalue weighted by molar-refractivity contribution is -0.119. The summed E-state index contributed by atoms with van der Waals surface area (Å²) >= 11 is 7.12. The molecule has 8 nitrogen and oxygen atoms in total. The quantitative estimate of drug-likeness (QED) is 0.435. The number of nitrogen functional groups attached to an aromatic ring is 1. The van der Waals surface area contributed by atoms with E-state index in [2.05, 4.69) is 20.8 Å². The van der Waals surface area contributed by atoms with E-state index >= 15 is 0 Å². The highest BCUT2D eigenvalue weighted by Gasteiger charge is 2.26. The number of carbonyl (C=O) groups is 2. The Bertz CT molecular complexity index is 995. The van der Waals surface area contributed by atoms with Crippen molar-refractivity contribution in [1.29, 1.82) is 0 Å². The van der Waals surface area contributed by atoms with E-state index in [9.17, 15) is 9.59 Å². The Morgan fingerprint density at radius 1 is 1.14 bits per heavy atom. The molecule has 3 rings (SSSR count). The van der Waals surface area contributed by atoms with Gasteiger partial charge in [-0.2, -0.15) is 0 Å². The number of hydrogen-bond donors (Lipinski definition) is 3. The van der Waals surface area contributed by atoms with Crippen LogP contribution >= 0.6 is 23.4 Å². The number of thioether (sulfide) groups is 1. The summed E-state index contributed by atoms with van der Waals surface area (Å²) in [5.74, 6) is 6.06. The summed E-state index contributed by atoms with van der Waals surface area (Å²) in [4.78, 5) is 24.2. The van der Waals surface area contributed by atoms with Gasteiger partial charge in [-0.15, -0.1) is 10.2 Å². The molecule has 1 aromatic heterocycles. The minimum absolute atomic E-state index is 0.316. The van der Waals surface area contributed by atoms with Gasteiger partial charge in [-0.3, -0.25) is 10.1 Å². The molecule has 144 valence electrons. The Hall–Kier alpha value is -3.04. The topological polar surface area (TPSA) is 115 Å². The number of nitrogens with one attached hydrogen (secondary N) is 2. The second-order valence-electron chi connectivity index (χ2n) is 5.66. The van der Waals surface area contributed by atoms with E-state index < -0.39 is 17.2 Å². The number of amides is 3. The standard InChI is InChI=1S/C18H17ClN6O2S/c1-21-17(27)22-16(26)14(11-6-3-2-4-7-11)28-18-24-23-15(25(18)20)12-8-5-9-13(19)10-12/h2-10,14H,20H2,1H3,(H2,21,22,26,27). The fourth-order valence-corrected chi connectivity index (χ4v) is 3.58. The van der Waals surface area contributed by atoms with Crippen molar-refractivity contribution in [2.24, 2.45) is 0 Å². The van der Waals surface area contributed by atoms with Gasteiger partial charge in [0, 0.05) is 17.6 Å². The number of halogens is 1. The smallest absolute Gasteiger partial charge is 0.321 e. The average molecular weight is 417 g/mol. The molecule has 0 bridgehead atoms. The van der Waals surface area contributed by atoms with Crippen LogP contribution in [0, 0.1) is 0 Å². The molecule has 1 atom stereocenters. The Kier molecular flexibility index (Phi) is 6.17. The number of benzene rings is 2. The van der Waals surface area contributed by atoms with E-state index in [0.29, 0.717) is 27.1 Å². The second-order valence-corrected chi connectivity index (χ2v) is 7.17. The van der Waals surface area contributed by atoms with E-state index in [4.69, 9.17) is 17.4 Å². The van der Waals surface area contributed by atoms with Gasteiger partial charge >= 0.3 is 6.03 Å². The molecule has 0 aliphatic carbocycles. The fourth-order valence-electron chi connectivity index (χ4n) is 2.43. The van der Waals surface area contributed by atoms with Crippen molar-refractivity contribution in [3.05, 3.63) is 65.2 Å². The molecule has 0 spiro atoms. The largest absolute Gasteiger partial charge is 0.341 e. The van der Waals surface area contributed by atoms with Gasteiger partial charge in [0.1, 0.15) is 5.25 Å². The number of rotatable bonds is 5. The van der Waals surface area contributed by atoms with E-state index in [1.54, 1.807) is 48.5 Å². The molecule has 28 heavy (non-hydrogen) atoms. The van der Waals surface area contributed by atoms with E-state index in [1.807, 2.05) is 6.07 Å². The van der Waals surface area contributed by atoms with Crippen LogP contribution in [0.3, 0.4) is 0 Å². The van der Waals surface area contributed by atoms with Crippen LogP contribution < -0.4 is 16.5 Å². The van der Waals surface area contributed by atoms with Crippen molar-refractivity contribution >= 4 is 35.3 Å².